The zero-order chi connectivity index (χ0) is 14.3. The molecule has 0 radical (unpaired) electrons. The van der Waals surface area contributed by atoms with Gasteiger partial charge in [0.2, 0.25) is 11.8 Å². The number of hydrogen-bond acceptors (Lipinski definition) is 3. The molecule has 0 saturated carbocycles. The van der Waals surface area contributed by atoms with Gasteiger partial charge in [0.15, 0.2) is 0 Å². The van der Waals surface area contributed by atoms with Gasteiger partial charge in [0.1, 0.15) is 0 Å². The van der Waals surface area contributed by atoms with Gasteiger partial charge in [-0.05, 0) is 24.6 Å². The summed E-state index contributed by atoms with van der Waals surface area (Å²) >= 11 is 0. The third-order valence-corrected chi connectivity index (χ3v) is 2.86. The van der Waals surface area contributed by atoms with Crippen LogP contribution in [0.1, 0.15) is 53.3 Å². The normalized spacial score (nSPS) is 10.2. The van der Waals surface area contributed by atoms with Gasteiger partial charge in [-0.15, -0.1) is 0 Å². The highest BCUT2D eigenvalue weighted by molar-refractivity contribution is 5.99. The van der Waals surface area contributed by atoms with Crippen molar-refractivity contribution >= 4 is 17.5 Å². The molecule has 0 spiro atoms. The Balaban J connectivity index is 2.71. The van der Waals surface area contributed by atoms with Gasteiger partial charge in [-0.3, -0.25) is 9.59 Å². The molecular formula is C14H21N3O2. The van der Waals surface area contributed by atoms with Crippen LogP contribution in [0, 0.1) is 0 Å². The molecule has 2 amide bonds. The van der Waals surface area contributed by atoms with Crippen LogP contribution in [0.5, 0.6) is 0 Å². The van der Waals surface area contributed by atoms with Gasteiger partial charge in [-0.25, -0.2) is 0 Å². The molecule has 104 valence electrons. The Hall–Kier alpha value is -2.04. The number of carbonyl (C=O) groups excluding carboxylic acids is 2. The summed E-state index contributed by atoms with van der Waals surface area (Å²) in [5.41, 5.74) is 11.7. The van der Waals surface area contributed by atoms with Crippen molar-refractivity contribution in [3.05, 3.63) is 29.3 Å². The number of nitrogens with one attached hydrogen (secondary N) is 1. The molecule has 0 unspecified atom stereocenters. The molecule has 0 saturated heterocycles. The number of hydrogen-bond donors (Lipinski definition) is 3. The molecule has 0 bridgehead atoms. The van der Waals surface area contributed by atoms with E-state index in [-0.39, 0.29) is 11.1 Å². The van der Waals surface area contributed by atoms with E-state index in [1.165, 1.54) is 18.9 Å². The van der Waals surface area contributed by atoms with Crippen LogP contribution in [0.4, 0.5) is 5.69 Å². The lowest BCUT2D eigenvalue weighted by atomic mass is 10.1. The number of benzene rings is 1. The van der Waals surface area contributed by atoms with Crippen molar-refractivity contribution in [2.75, 3.05) is 11.9 Å². The van der Waals surface area contributed by atoms with Crippen LogP contribution in [0.15, 0.2) is 18.2 Å². The predicted molar refractivity (Wildman–Crippen MR) is 76.1 cm³/mol. The van der Waals surface area contributed by atoms with E-state index in [0.29, 0.717) is 5.69 Å². The molecule has 0 atom stereocenters. The maximum absolute atomic E-state index is 11.2. The van der Waals surface area contributed by atoms with Crippen LogP contribution in [-0.2, 0) is 0 Å². The fourth-order valence-electron chi connectivity index (χ4n) is 1.80. The van der Waals surface area contributed by atoms with Gasteiger partial charge in [-0.1, -0.05) is 26.2 Å². The second-order valence-corrected chi connectivity index (χ2v) is 4.51. The Morgan fingerprint density at radius 2 is 1.58 bits per heavy atom. The Labute approximate surface area is 113 Å². The Morgan fingerprint density at radius 1 is 1.00 bits per heavy atom. The number of unbranched alkanes of at least 4 members (excludes halogenated alkanes) is 3. The number of carbonyl (C=O) groups is 2. The fraction of sp³-hybridized carbons (Fsp3) is 0.429. The first-order valence-corrected chi connectivity index (χ1v) is 6.53. The molecule has 1 aromatic rings. The lowest BCUT2D eigenvalue weighted by molar-refractivity contribution is 0.0999. The highest BCUT2D eigenvalue weighted by Gasteiger charge is 2.08. The van der Waals surface area contributed by atoms with Crippen molar-refractivity contribution in [3.63, 3.8) is 0 Å². The topological polar surface area (TPSA) is 98.2 Å². The number of anilines is 1. The first-order chi connectivity index (χ1) is 9.04. The molecule has 0 aliphatic heterocycles. The van der Waals surface area contributed by atoms with Crippen molar-refractivity contribution in [2.24, 2.45) is 11.5 Å². The molecule has 0 aromatic heterocycles. The molecule has 0 fully saturated rings. The van der Waals surface area contributed by atoms with Crippen LogP contribution >= 0.6 is 0 Å². The van der Waals surface area contributed by atoms with E-state index in [4.69, 9.17) is 11.5 Å². The second-order valence-electron chi connectivity index (χ2n) is 4.51. The van der Waals surface area contributed by atoms with E-state index < -0.39 is 11.8 Å². The maximum atomic E-state index is 11.2. The largest absolute Gasteiger partial charge is 0.385 e. The van der Waals surface area contributed by atoms with Crippen molar-refractivity contribution in [3.8, 4) is 0 Å². The zero-order valence-corrected chi connectivity index (χ0v) is 11.2. The van der Waals surface area contributed by atoms with Gasteiger partial charge in [-0.2, -0.15) is 0 Å². The second kappa shape index (κ2) is 7.41. The Morgan fingerprint density at radius 3 is 2.05 bits per heavy atom. The molecular weight excluding hydrogens is 242 g/mol. The minimum Gasteiger partial charge on any atom is -0.385 e. The number of primary amides is 2. The number of nitrogens with two attached hydrogens (primary N) is 2. The van der Waals surface area contributed by atoms with Crippen LogP contribution in [-0.4, -0.2) is 18.4 Å². The van der Waals surface area contributed by atoms with E-state index in [2.05, 4.69) is 12.2 Å². The van der Waals surface area contributed by atoms with Crippen LogP contribution in [0.2, 0.25) is 0 Å². The summed E-state index contributed by atoms with van der Waals surface area (Å²) in [6.07, 6.45) is 4.58. The number of rotatable bonds is 8. The van der Waals surface area contributed by atoms with E-state index in [1.54, 1.807) is 12.1 Å². The molecule has 1 aromatic carbocycles. The number of amides is 2. The van der Waals surface area contributed by atoms with Gasteiger partial charge in [0, 0.05) is 23.4 Å². The highest BCUT2D eigenvalue weighted by Crippen LogP contribution is 2.15. The molecule has 5 N–H and O–H groups in total. The summed E-state index contributed by atoms with van der Waals surface area (Å²) in [7, 11) is 0. The van der Waals surface area contributed by atoms with E-state index in [9.17, 15) is 9.59 Å². The minimum absolute atomic E-state index is 0.285. The standard InChI is InChI=1S/C14H21N3O2/c1-2-3-4-5-6-17-12-8-10(13(15)18)7-11(9-12)14(16)19/h7-9,17H,2-6H2,1H3,(H2,15,18)(H2,16,19). The van der Waals surface area contributed by atoms with Crippen molar-refractivity contribution in [2.45, 2.75) is 32.6 Å². The summed E-state index contributed by atoms with van der Waals surface area (Å²) in [4.78, 5) is 22.4. The molecule has 5 heteroatoms. The molecule has 0 aliphatic carbocycles. The van der Waals surface area contributed by atoms with Crippen LogP contribution < -0.4 is 16.8 Å². The van der Waals surface area contributed by atoms with Crippen LogP contribution in [0.3, 0.4) is 0 Å². The van der Waals surface area contributed by atoms with Gasteiger partial charge < -0.3 is 16.8 Å². The van der Waals surface area contributed by atoms with Crippen LogP contribution in [0.25, 0.3) is 0 Å². The van der Waals surface area contributed by atoms with Gasteiger partial charge >= 0.3 is 0 Å². The molecule has 19 heavy (non-hydrogen) atoms. The smallest absolute Gasteiger partial charge is 0.248 e. The van der Waals surface area contributed by atoms with Gasteiger partial charge in [0.25, 0.3) is 0 Å². The van der Waals surface area contributed by atoms with Gasteiger partial charge in [0.05, 0.1) is 0 Å². The van der Waals surface area contributed by atoms with E-state index >= 15 is 0 Å². The third-order valence-electron chi connectivity index (χ3n) is 2.86. The SMILES string of the molecule is CCCCCCNc1cc(C(N)=O)cc(C(N)=O)c1. The van der Waals surface area contributed by atoms with Crippen molar-refractivity contribution < 1.29 is 9.59 Å². The molecule has 0 heterocycles. The van der Waals surface area contributed by atoms with Crippen molar-refractivity contribution in [1.29, 1.82) is 0 Å². The summed E-state index contributed by atoms with van der Waals surface area (Å²) in [6.45, 7) is 2.95. The van der Waals surface area contributed by atoms with E-state index in [1.807, 2.05) is 0 Å². The molecule has 1 rings (SSSR count). The lowest BCUT2D eigenvalue weighted by Crippen LogP contribution is -2.16. The quantitative estimate of drug-likeness (QED) is 0.624. The fourth-order valence-corrected chi connectivity index (χ4v) is 1.80. The van der Waals surface area contributed by atoms with E-state index in [0.717, 1.165) is 19.4 Å². The first-order valence-electron chi connectivity index (χ1n) is 6.53. The lowest BCUT2D eigenvalue weighted by Gasteiger charge is -2.09. The Bertz CT molecular complexity index is 426. The van der Waals surface area contributed by atoms with Crippen molar-refractivity contribution in [1.82, 2.24) is 0 Å². The first kappa shape index (κ1) is 15.0. The summed E-state index contributed by atoms with van der Waals surface area (Å²) in [5, 5.41) is 3.18. The zero-order valence-electron chi connectivity index (χ0n) is 11.2. The average molecular weight is 263 g/mol. The minimum atomic E-state index is -0.572. The Kier molecular flexibility index (Phi) is 5.85. The monoisotopic (exact) mass is 263 g/mol. The summed E-state index contributed by atoms with van der Waals surface area (Å²) in [6, 6.07) is 4.68. The third kappa shape index (κ3) is 4.99. The predicted octanol–water partition coefficient (Wildman–Crippen LogP) is 1.88. The maximum Gasteiger partial charge on any atom is 0.248 e. The highest BCUT2D eigenvalue weighted by atomic mass is 16.1. The average Bonchev–Trinajstić information content (AvgIpc) is 2.38. The molecule has 0 aliphatic rings. The molecule has 5 nitrogen and oxygen atoms in total. The summed E-state index contributed by atoms with van der Waals surface area (Å²) in [5.74, 6) is -1.14. The summed E-state index contributed by atoms with van der Waals surface area (Å²) < 4.78 is 0.